The Bertz CT molecular complexity index is 394. The van der Waals surface area contributed by atoms with Crippen molar-refractivity contribution in [3.05, 3.63) is 29.3 Å². The van der Waals surface area contributed by atoms with Crippen LogP contribution in [0.4, 0.5) is 5.69 Å². The number of hydrogen-bond acceptors (Lipinski definition) is 2. The first-order chi connectivity index (χ1) is 6.18. The SMILES string of the molecule is CN(C)c1ccc2c(c1)C=NC2=O. The summed E-state index contributed by atoms with van der Waals surface area (Å²) in [6.07, 6.45) is 1.62. The molecule has 0 saturated carbocycles. The molecule has 1 aliphatic rings. The Balaban J connectivity index is 2.51. The fraction of sp³-hybridized carbons (Fsp3) is 0.200. The Labute approximate surface area is 76.7 Å². The second-order valence-corrected chi connectivity index (χ2v) is 3.23. The summed E-state index contributed by atoms with van der Waals surface area (Å²) in [5.41, 5.74) is 2.70. The third kappa shape index (κ3) is 1.22. The summed E-state index contributed by atoms with van der Waals surface area (Å²) in [5, 5.41) is 0. The Morgan fingerprint density at radius 3 is 2.77 bits per heavy atom. The van der Waals surface area contributed by atoms with Gasteiger partial charge in [0.05, 0.1) is 5.56 Å². The summed E-state index contributed by atoms with van der Waals surface area (Å²) in [6.45, 7) is 0. The van der Waals surface area contributed by atoms with E-state index in [9.17, 15) is 4.79 Å². The topological polar surface area (TPSA) is 32.7 Å². The third-order valence-corrected chi connectivity index (χ3v) is 2.10. The third-order valence-electron chi connectivity index (χ3n) is 2.10. The van der Waals surface area contributed by atoms with Crippen molar-refractivity contribution in [2.75, 3.05) is 19.0 Å². The van der Waals surface area contributed by atoms with E-state index in [1.165, 1.54) is 0 Å². The smallest absolute Gasteiger partial charge is 0.277 e. The van der Waals surface area contributed by atoms with E-state index in [1.54, 1.807) is 6.21 Å². The lowest BCUT2D eigenvalue weighted by Crippen LogP contribution is -2.09. The highest BCUT2D eigenvalue weighted by molar-refractivity contribution is 6.13. The molecule has 3 nitrogen and oxygen atoms in total. The second-order valence-electron chi connectivity index (χ2n) is 3.23. The van der Waals surface area contributed by atoms with Gasteiger partial charge in [0.1, 0.15) is 0 Å². The van der Waals surface area contributed by atoms with E-state index in [0.717, 1.165) is 11.3 Å². The van der Waals surface area contributed by atoms with E-state index in [0.29, 0.717) is 5.56 Å². The molecule has 66 valence electrons. The molecule has 0 fully saturated rings. The zero-order valence-corrected chi connectivity index (χ0v) is 7.61. The highest BCUT2D eigenvalue weighted by atomic mass is 16.1. The molecule has 1 aromatic rings. The zero-order valence-electron chi connectivity index (χ0n) is 7.61. The van der Waals surface area contributed by atoms with E-state index in [-0.39, 0.29) is 5.91 Å². The summed E-state index contributed by atoms with van der Waals surface area (Å²) in [6, 6.07) is 5.70. The van der Waals surface area contributed by atoms with Crippen molar-refractivity contribution in [2.24, 2.45) is 4.99 Å². The summed E-state index contributed by atoms with van der Waals surface area (Å²) in [7, 11) is 3.94. The summed E-state index contributed by atoms with van der Waals surface area (Å²) >= 11 is 0. The highest BCUT2D eigenvalue weighted by Gasteiger charge is 2.15. The van der Waals surface area contributed by atoms with E-state index >= 15 is 0 Å². The number of benzene rings is 1. The van der Waals surface area contributed by atoms with Crippen LogP contribution < -0.4 is 4.90 Å². The lowest BCUT2D eigenvalue weighted by atomic mass is 10.1. The molecule has 1 amide bonds. The quantitative estimate of drug-likeness (QED) is 0.643. The molecule has 1 heterocycles. The van der Waals surface area contributed by atoms with Gasteiger partial charge in [-0.2, -0.15) is 0 Å². The maximum Gasteiger partial charge on any atom is 0.277 e. The largest absolute Gasteiger partial charge is 0.378 e. The van der Waals surface area contributed by atoms with Crippen molar-refractivity contribution in [2.45, 2.75) is 0 Å². The van der Waals surface area contributed by atoms with Crippen molar-refractivity contribution in [1.29, 1.82) is 0 Å². The van der Waals surface area contributed by atoms with Crippen LogP contribution in [0, 0.1) is 0 Å². The van der Waals surface area contributed by atoms with Gasteiger partial charge in [-0.15, -0.1) is 0 Å². The van der Waals surface area contributed by atoms with E-state index in [2.05, 4.69) is 4.99 Å². The molecular weight excluding hydrogens is 164 g/mol. The first-order valence-corrected chi connectivity index (χ1v) is 4.08. The molecule has 0 atom stereocenters. The average molecular weight is 174 g/mol. The van der Waals surface area contributed by atoms with Crippen LogP contribution in [0.25, 0.3) is 0 Å². The van der Waals surface area contributed by atoms with Crippen molar-refractivity contribution in [3.8, 4) is 0 Å². The van der Waals surface area contributed by atoms with E-state index in [1.807, 2.05) is 37.2 Å². The Hall–Kier alpha value is -1.64. The van der Waals surface area contributed by atoms with Gasteiger partial charge in [0, 0.05) is 31.6 Å². The number of carbonyl (C=O) groups excluding carboxylic acids is 1. The molecule has 0 radical (unpaired) electrons. The predicted molar refractivity (Wildman–Crippen MR) is 52.7 cm³/mol. The van der Waals surface area contributed by atoms with Gasteiger partial charge < -0.3 is 4.90 Å². The number of hydrogen-bond donors (Lipinski definition) is 0. The molecule has 2 rings (SSSR count). The standard InChI is InChI=1S/C10H10N2O/c1-12(2)8-3-4-9-7(5-8)6-11-10(9)13/h3-6H,1-2H3. The van der Waals surface area contributed by atoms with Crippen LogP contribution in [0.5, 0.6) is 0 Å². The van der Waals surface area contributed by atoms with Crippen LogP contribution in [0.3, 0.4) is 0 Å². The van der Waals surface area contributed by atoms with Crippen LogP contribution in [0.15, 0.2) is 23.2 Å². The molecule has 0 aromatic heterocycles. The van der Waals surface area contributed by atoms with Crippen molar-refractivity contribution < 1.29 is 4.79 Å². The van der Waals surface area contributed by atoms with Gasteiger partial charge in [-0.25, -0.2) is 4.99 Å². The van der Waals surface area contributed by atoms with Crippen LogP contribution in [-0.4, -0.2) is 26.2 Å². The molecule has 1 aliphatic heterocycles. The minimum atomic E-state index is -0.139. The summed E-state index contributed by atoms with van der Waals surface area (Å²) in [5.74, 6) is -0.139. The minimum absolute atomic E-state index is 0.139. The molecule has 0 unspecified atom stereocenters. The van der Waals surface area contributed by atoms with Crippen molar-refractivity contribution in [1.82, 2.24) is 0 Å². The molecule has 0 saturated heterocycles. The first kappa shape index (κ1) is 7.98. The lowest BCUT2D eigenvalue weighted by molar-refractivity contribution is 0.101. The second kappa shape index (κ2) is 2.69. The van der Waals surface area contributed by atoms with Crippen molar-refractivity contribution >= 4 is 17.8 Å². The predicted octanol–water partition coefficient (Wildman–Crippen LogP) is 1.33. The minimum Gasteiger partial charge on any atom is -0.378 e. The molecule has 0 spiro atoms. The Morgan fingerprint density at radius 2 is 2.08 bits per heavy atom. The van der Waals surface area contributed by atoms with Crippen molar-refractivity contribution in [3.63, 3.8) is 0 Å². The molecule has 0 bridgehead atoms. The molecule has 3 heteroatoms. The average Bonchev–Trinajstić information content (AvgIpc) is 2.47. The van der Waals surface area contributed by atoms with Gasteiger partial charge in [0.2, 0.25) is 0 Å². The first-order valence-electron chi connectivity index (χ1n) is 4.08. The monoisotopic (exact) mass is 174 g/mol. The lowest BCUT2D eigenvalue weighted by Gasteiger charge is -2.12. The van der Waals surface area contributed by atoms with Crippen LogP contribution in [0.1, 0.15) is 15.9 Å². The molecule has 13 heavy (non-hydrogen) atoms. The van der Waals surface area contributed by atoms with Gasteiger partial charge in [-0.1, -0.05) is 0 Å². The van der Waals surface area contributed by atoms with Gasteiger partial charge in [0.15, 0.2) is 0 Å². The summed E-state index contributed by atoms with van der Waals surface area (Å²) in [4.78, 5) is 16.9. The van der Waals surface area contributed by atoms with Crippen LogP contribution in [0.2, 0.25) is 0 Å². The maximum atomic E-state index is 11.1. The maximum absolute atomic E-state index is 11.1. The zero-order chi connectivity index (χ0) is 9.42. The summed E-state index contributed by atoms with van der Waals surface area (Å²) < 4.78 is 0. The van der Waals surface area contributed by atoms with Gasteiger partial charge in [-0.3, -0.25) is 4.79 Å². The number of amides is 1. The Morgan fingerprint density at radius 1 is 1.31 bits per heavy atom. The molecule has 0 N–H and O–H groups in total. The van der Waals surface area contributed by atoms with E-state index < -0.39 is 0 Å². The fourth-order valence-corrected chi connectivity index (χ4v) is 1.33. The number of carbonyl (C=O) groups is 1. The van der Waals surface area contributed by atoms with E-state index in [4.69, 9.17) is 0 Å². The highest BCUT2D eigenvalue weighted by Crippen LogP contribution is 2.20. The van der Waals surface area contributed by atoms with Gasteiger partial charge in [0.25, 0.3) is 5.91 Å². The normalized spacial score (nSPS) is 13.2. The molecule has 1 aromatic carbocycles. The van der Waals surface area contributed by atoms with Crippen LogP contribution in [-0.2, 0) is 0 Å². The van der Waals surface area contributed by atoms with Gasteiger partial charge in [-0.05, 0) is 18.2 Å². The number of rotatable bonds is 1. The van der Waals surface area contributed by atoms with Gasteiger partial charge >= 0.3 is 0 Å². The van der Waals surface area contributed by atoms with Crippen LogP contribution >= 0.6 is 0 Å². The molecule has 0 aliphatic carbocycles. The molecular formula is C10H10N2O. The fourth-order valence-electron chi connectivity index (χ4n) is 1.33. The number of fused-ring (bicyclic) bond motifs is 1. The number of aliphatic imine (C=N–C) groups is 1. The number of anilines is 1. The number of nitrogens with zero attached hydrogens (tertiary/aromatic N) is 2. The Kier molecular flexibility index (Phi) is 1.65.